The van der Waals surface area contributed by atoms with Crippen LogP contribution in [-0.2, 0) is 0 Å². The van der Waals surface area contributed by atoms with E-state index >= 15 is 0 Å². The summed E-state index contributed by atoms with van der Waals surface area (Å²) in [7, 11) is 0. The van der Waals surface area contributed by atoms with E-state index in [0.717, 1.165) is 13.1 Å². The second-order valence-electron chi connectivity index (χ2n) is 4.74. The van der Waals surface area contributed by atoms with Crippen molar-refractivity contribution in [3.63, 3.8) is 0 Å². The Hall–Kier alpha value is -1.02. The van der Waals surface area contributed by atoms with Crippen LogP contribution in [0.3, 0.4) is 0 Å². The van der Waals surface area contributed by atoms with E-state index in [-0.39, 0.29) is 0 Å². The van der Waals surface area contributed by atoms with Crippen LogP contribution < -0.4 is 4.90 Å². The summed E-state index contributed by atoms with van der Waals surface area (Å²) in [6, 6.07) is 11.4. The number of hydrogen-bond acceptors (Lipinski definition) is 2. The van der Waals surface area contributed by atoms with E-state index < -0.39 is 0 Å². The molecule has 0 atom stereocenters. The Kier molecular flexibility index (Phi) is 4.87. The third kappa shape index (κ3) is 3.74. The number of likely N-dealkylation sites (tertiary alicyclic amines) is 1. The zero-order chi connectivity index (χ0) is 11.9. The molecule has 17 heavy (non-hydrogen) atoms. The molecule has 1 saturated heterocycles. The maximum atomic E-state index is 3.08. The zero-order valence-corrected chi connectivity index (χ0v) is 10.9. The minimum atomic E-state index is 1.08. The number of benzene rings is 1. The SMILES string of the molecule is CCN(CCN1CCCCC1)c1cc[c]cc1. The lowest BCUT2D eigenvalue weighted by Crippen LogP contribution is -2.37. The van der Waals surface area contributed by atoms with E-state index in [9.17, 15) is 0 Å². The van der Waals surface area contributed by atoms with Gasteiger partial charge in [-0.1, -0.05) is 18.6 Å². The maximum Gasteiger partial charge on any atom is 0.0366 e. The first-order valence-electron chi connectivity index (χ1n) is 6.83. The van der Waals surface area contributed by atoms with Crippen molar-refractivity contribution < 1.29 is 0 Å². The van der Waals surface area contributed by atoms with Gasteiger partial charge in [-0.15, -0.1) is 0 Å². The zero-order valence-electron chi connectivity index (χ0n) is 10.9. The average molecular weight is 231 g/mol. The third-order valence-corrected chi connectivity index (χ3v) is 3.58. The number of nitrogens with zero attached hydrogens (tertiary/aromatic N) is 2. The van der Waals surface area contributed by atoms with Crippen LogP contribution >= 0.6 is 0 Å². The van der Waals surface area contributed by atoms with Crippen LogP contribution in [0, 0.1) is 6.07 Å². The fraction of sp³-hybridized carbons (Fsp3) is 0.600. The molecule has 0 saturated carbocycles. The molecule has 0 bridgehead atoms. The first-order valence-corrected chi connectivity index (χ1v) is 6.83. The second-order valence-corrected chi connectivity index (χ2v) is 4.74. The van der Waals surface area contributed by atoms with Gasteiger partial charge in [0.2, 0.25) is 0 Å². The van der Waals surface area contributed by atoms with Crippen LogP contribution in [-0.4, -0.2) is 37.6 Å². The maximum absolute atomic E-state index is 3.08. The van der Waals surface area contributed by atoms with Crippen molar-refractivity contribution in [2.75, 3.05) is 37.6 Å². The van der Waals surface area contributed by atoms with Crippen molar-refractivity contribution in [1.29, 1.82) is 0 Å². The Morgan fingerprint density at radius 3 is 2.53 bits per heavy atom. The van der Waals surface area contributed by atoms with Crippen molar-refractivity contribution >= 4 is 5.69 Å². The monoisotopic (exact) mass is 231 g/mol. The summed E-state index contributed by atoms with van der Waals surface area (Å²) in [5, 5.41) is 0. The van der Waals surface area contributed by atoms with Crippen LogP contribution in [0.25, 0.3) is 0 Å². The smallest absolute Gasteiger partial charge is 0.0366 e. The molecule has 0 aromatic heterocycles. The largest absolute Gasteiger partial charge is 0.371 e. The van der Waals surface area contributed by atoms with Crippen molar-refractivity contribution in [3.8, 4) is 0 Å². The first-order chi connectivity index (χ1) is 8.40. The summed E-state index contributed by atoms with van der Waals surface area (Å²) in [5.41, 5.74) is 1.32. The standard InChI is InChI=1S/C15H23N2/c1-2-17(15-9-5-3-6-10-15)14-13-16-11-7-4-8-12-16/h5-6,9-10H,2,4,7-8,11-14H2,1H3. The van der Waals surface area contributed by atoms with Crippen molar-refractivity contribution in [1.82, 2.24) is 4.90 Å². The topological polar surface area (TPSA) is 6.48 Å². The fourth-order valence-corrected chi connectivity index (χ4v) is 2.50. The summed E-state index contributed by atoms with van der Waals surface area (Å²) in [5.74, 6) is 0. The molecule has 0 unspecified atom stereocenters. The lowest BCUT2D eigenvalue weighted by atomic mass is 10.1. The fourth-order valence-electron chi connectivity index (χ4n) is 2.50. The Balaban J connectivity index is 1.83. The summed E-state index contributed by atoms with van der Waals surface area (Å²) in [6.45, 7) is 8.23. The normalized spacial score (nSPS) is 17.0. The number of piperidine rings is 1. The Bertz CT molecular complexity index is 304. The number of hydrogen-bond donors (Lipinski definition) is 0. The van der Waals surface area contributed by atoms with Crippen LogP contribution in [0.4, 0.5) is 5.69 Å². The molecule has 2 rings (SSSR count). The Morgan fingerprint density at radius 1 is 1.18 bits per heavy atom. The predicted molar refractivity (Wildman–Crippen MR) is 73.5 cm³/mol. The molecule has 1 radical (unpaired) electrons. The highest BCUT2D eigenvalue weighted by atomic mass is 15.2. The lowest BCUT2D eigenvalue weighted by Gasteiger charge is -2.30. The van der Waals surface area contributed by atoms with E-state index in [4.69, 9.17) is 0 Å². The molecule has 1 aromatic rings. The third-order valence-electron chi connectivity index (χ3n) is 3.58. The Labute approximate surface area is 105 Å². The highest BCUT2D eigenvalue weighted by molar-refractivity contribution is 5.45. The molecular formula is C15H23N2. The van der Waals surface area contributed by atoms with Gasteiger partial charge in [-0.2, -0.15) is 0 Å². The van der Waals surface area contributed by atoms with Gasteiger partial charge >= 0.3 is 0 Å². The molecule has 0 spiro atoms. The number of rotatable bonds is 5. The summed E-state index contributed by atoms with van der Waals surface area (Å²) >= 11 is 0. The van der Waals surface area contributed by atoms with Gasteiger partial charge in [0.25, 0.3) is 0 Å². The van der Waals surface area contributed by atoms with Crippen molar-refractivity contribution in [3.05, 3.63) is 30.3 Å². The predicted octanol–water partition coefficient (Wildman–Crippen LogP) is 2.80. The molecule has 0 N–H and O–H groups in total. The van der Waals surface area contributed by atoms with Gasteiger partial charge in [-0.05, 0) is 51.1 Å². The quantitative estimate of drug-likeness (QED) is 0.769. The van der Waals surface area contributed by atoms with Gasteiger partial charge in [0, 0.05) is 25.3 Å². The van der Waals surface area contributed by atoms with Crippen molar-refractivity contribution in [2.45, 2.75) is 26.2 Å². The minimum absolute atomic E-state index is 1.08. The summed E-state index contributed by atoms with van der Waals surface area (Å²) in [4.78, 5) is 5.05. The highest BCUT2D eigenvalue weighted by Crippen LogP contribution is 2.13. The molecule has 0 aliphatic carbocycles. The molecule has 1 aromatic carbocycles. The highest BCUT2D eigenvalue weighted by Gasteiger charge is 2.11. The van der Waals surface area contributed by atoms with Crippen molar-refractivity contribution in [2.24, 2.45) is 0 Å². The number of likely N-dealkylation sites (N-methyl/N-ethyl adjacent to an activating group) is 1. The Morgan fingerprint density at radius 2 is 1.88 bits per heavy atom. The van der Waals surface area contributed by atoms with E-state index in [0.29, 0.717) is 0 Å². The summed E-state index contributed by atoms with van der Waals surface area (Å²) in [6.07, 6.45) is 4.18. The van der Waals surface area contributed by atoms with Crippen LogP contribution in [0.5, 0.6) is 0 Å². The van der Waals surface area contributed by atoms with Gasteiger partial charge in [0.05, 0.1) is 0 Å². The molecule has 93 valence electrons. The lowest BCUT2D eigenvalue weighted by molar-refractivity contribution is 0.233. The minimum Gasteiger partial charge on any atom is -0.371 e. The van der Waals surface area contributed by atoms with Crippen LogP contribution in [0.15, 0.2) is 24.3 Å². The van der Waals surface area contributed by atoms with Gasteiger partial charge in [-0.3, -0.25) is 0 Å². The molecule has 1 aliphatic heterocycles. The second kappa shape index (κ2) is 6.65. The average Bonchev–Trinajstić information content (AvgIpc) is 2.42. The van der Waals surface area contributed by atoms with Gasteiger partial charge in [0.1, 0.15) is 0 Å². The van der Waals surface area contributed by atoms with E-state index in [1.807, 2.05) is 12.1 Å². The molecule has 1 fully saturated rings. The first kappa shape index (κ1) is 12.4. The van der Waals surface area contributed by atoms with Crippen LogP contribution in [0.2, 0.25) is 0 Å². The molecule has 2 nitrogen and oxygen atoms in total. The van der Waals surface area contributed by atoms with E-state index in [1.54, 1.807) is 0 Å². The molecule has 1 heterocycles. The molecule has 1 aliphatic rings. The number of anilines is 1. The van der Waals surface area contributed by atoms with Crippen LogP contribution in [0.1, 0.15) is 26.2 Å². The van der Waals surface area contributed by atoms with E-state index in [2.05, 4.69) is 34.9 Å². The van der Waals surface area contributed by atoms with Gasteiger partial charge < -0.3 is 9.80 Å². The molecule has 0 amide bonds. The van der Waals surface area contributed by atoms with Gasteiger partial charge in [0.15, 0.2) is 0 Å². The van der Waals surface area contributed by atoms with Gasteiger partial charge in [-0.25, -0.2) is 0 Å². The molecular weight excluding hydrogens is 208 g/mol. The summed E-state index contributed by atoms with van der Waals surface area (Å²) < 4.78 is 0. The van der Waals surface area contributed by atoms with E-state index in [1.165, 1.54) is 44.6 Å². The molecule has 2 heteroatoms.